The van der Waals surface area contributed by atoms with Crippen molar-refractivity contribution >= 4 is 6.21 Å². The molecular formula is C4H6N3O. The number of allylic oxidation sites excluding steroid dienone is 1. The number of aliphatic hydroxyl groups is 1. The lowest BCUT2D eigenvalue weighted by Gasteiger charge is -2.07. The predicted molar refractivity (Wildman–Crippen MR) is 28.9 cm³/mol. The molecule has 1 unspecified atom stereocenters. The minimum absolute atomic E-state index is 0.313. The molecule has 0 spiro atoms. The van der Waals surface area contributed by atoms with E-state index in [0.29, 0.717) is 5.82 Å². The lowest BCUT2D eigenvalue weighted by Crippen LogP contribution is -2.26. The Bertz CT molecular complexity index is 140. The fourth-order valence-electron chi connectivity index (χ4n) is 0.406. The molecule has 3 N–H and O–H groups in total. The third-order valence-corrected chi connectivity index (χ3v) is 0.729. The van der Waals surface area contributed by atoms with Crippen LogP contribution in [0.1, 0.15) is 0 Å². The first-order chi connectivity index (χ1) is 3.79. The monoisotopic (exact) mass is 112 g/mol. The smallest absolute Gasteiger partial charge is 0.244 e. The summed E-state index contributed by atoms with van der Waals surface area (Å²) in [6.07, 6.45) is 1.96. The van der Waals surface area contributed by atoms with Crippen LogP contribution in [-0.2, 0) is 0 Å². The van der Waals surface area contributed by atoms with Gasteiger partial charge in [-0.3, -0.25) is 0 Å². The lowest BCUT2D eigenvalue weighted by molar-refractivity contribution is 0.154. The van der Waals surface area contributed by atoms with Crippen LogP contribution in [0.4, 0.5) is 0 Å². The van der Waals surface area contributed by atoms with E-state index < -0.39 is 6.35 Å². The van der Waals surface area contributed by atoms with Crippen molar-refractivity contribution in [3.05, 3.63) is 11.9 Å². The van der Waals surface area contributed by atoms with Crippen LogP contribution in [0.25, 0.3) is 0 Å². The van der Waals surface area contributed by atoms with Gasteiger partial charge in [-0.05, 0) is 6.08 Å². The van der Waals surface area contributed by atoms with Gasteiger partial charge in [0, 0.05) is 6.21 Å². The Labute approximate surface area is 46.7 Å². The third kappa shape index (κ3) is 0.974. The first-order valence-electron chi connectivity index (χ1n) is 2.17. The van der Waals surface area contributed by atoms with Crippen LogP contribution in [0.3, 0.4) is 0 Å². The predicted octanol–water partition coefficient (Wildman–Crippen LogP) is -1.25. The van der Waals surface area contributed by atoms with E-state index in [2.05, 4.69) is 10.3 Å². The third-order valence-electron chi connectivity index (χ3n) is 0.729. The fraction of sp³-hybridized carbons (Fsp3) is 0.250. The summed E-state index contributed by atoms with van der Waals surface area (Å²) < 4.78 is 0. The summed E-state index contributed by atoms with van der Waals surface area (Å²) in [4.78, 5) is 3.49. The van der Waals surface area contributed by atoms with Gasteiger partial charge < -0.3 is 10.8 Å². The van der Waals surface area contributed by atoms with Crippen molar-refractivity contribution < 1.29 is 5.11 Å². The van der Waals surface area contributed by atoms with Gasteiger partial charge in [0.05, 0.1) is 0 Å². The standard InChI is InChI=1S/C4H6N3O/c5-3-1-2-6-4(8)7-3/h1-2,4,8H,5H2. The van der Waals surface area contributed by atoms with Crippen LogP contribution in [0.5, 0.6) is 0 Å². The molecule has 1 radical (unpaired) electrons. The number of rotatable bonds is 0. The molecule has 8 heavy (non-hydrogen) atoms. The van der Waals surface area contributed by atoms with Crippen LogP contribution in [0, 0.1) is 0 Å². The summed E-state index contributed by atoms with van der Waals surface area (Å²) in [6.45, 7) is 0. The summed E-state index contributed by atoms with van der Waals surface area (Å²) in [7, 11) is 0. The van der Waals surface area contributed by atoms with Gasteiger partial charge in [0.25, 0.3) is 0 Å². The fourth-order valence-corrected chi connectivity index (χ4v) is 0.406. The highest BCUT2D eigenvalue weighted by Gasteiger charge is 2.03. The summed E-state index contributed by atoms with van der Waals surface area (Å²) in [5.74, 6) is 0.313. The molecule has 4 nitrogen and oxygen atoms in total. The lowest BCUT2D eigenvalue weighted by atomic mass is 10.5. The molecule has 0 aliphatic carbocycles. The molecule has 1 aliphatic rings. The molecular weight excluding hydrogens is 106 g/mol. The Balaban J connectivity index is 2.59. The van der Waals surface area contributed by atoms with Gasteiger partial charge in [-0.1, -0.05) is 0 Å². The number of nitrogens with zero attached hydrogens (tertiary/aromatic N) is 2. The zero-order valence-electron chi connectivity index (χ0n) is 4.15. The maximum absolute atomic E-state index is 8.59. The number of hydrogen-bond acceptors (Lipinski definition) is 3. The van der Waals surface area contributed by atoms with E-state index in [9.17, 15) is 0 Å². The Kier molecular flexibility index (Phi) is 1.17. The molecule has 0 aromatic heterocycles. The molecule has 0 fully saturated rings. The van der Waals surface area contributed by atoms with E-state index in [1.165, 1.54) is 12.3 Å². The van der Waals surface area contributed by atoms with Crippen molar-refractivity contribution in [1.82, 2.24) is 5.32 Å². The second kappa shape index (κ2) is 1.83. The molecule has 1 heterocycles. The number of nitrogens with two attached hydrogens (primary N) is 1. The quantitative estimate of drug-likeness (QED) is 0.411. The largest absolute Gasteiger partial charge is 0.384 e. The van der Waals surface area contributed by atoms with Crippen molar-refractivity contribution in [2.75, 3.05) is 0 Å². The molecule has 0 amide bonds. The van der Waals surface area contributed by atoms with Gasteiger partial charge in [0.15, 0.2) is 0 Å². The van der Waals surface area contributed by atoms with Gasteiger partial charge in [-0.15, -0.1) is 0 Å². The topological polar surface area (TPSA) is 72.7 Å². The van der Waals surface area contributed by atoms with Gasteiger partial charge in [-0.2, -0.15) is 0 Å². The van der Waals surface area contributed by atoms with Gasteiger partial charge in [0.2, 0.25) is 6.35 Å². The molecule has 1 aliphatic heterocycles. The van der Waals surface area contributed by atoms with E-state index in [1.807, 2.05) is 0 Å². The maximum Gasteiger partial charge on any atom is 0.244 e. The Morgan fingerprint density at radius 1 is 1.75 bits per heavy atom. The van der Waals surface area contributed by atoms with Crippen molar-refractivity contribution in [3.8, 4) is 0 Å². The van der Waals surface area contributed by atoms with E-state index >= 15 is 0 Å². The van der Waals surface area contributed by atoms with Crippen molar-refractivity contribution in [3.63, 3.8) is 0 Å². The highest BCUT2D eigenvalue weighted by molar-refractivity contribution is 5.72. The number of hydrogen-bond donors (Lipinski definition) is 2. The van der Waals surface area contributed by atoms with E-state index in [4.69, 9.17) is 10.8 Å². The Hall–Kier alpha value is -1.03. The van der Waals surface area contributed by atoms with Crippen molar-refractivity contribution in [1.29, 1.82) is 0 Å². The maximum atomic E-state index is 8.59. The summed E-state index contributed by atoms with van der Waals surface area (Å²) in [5.41, 5.74) is 5.17. The van der Waals surface area contributed by atoms with E-state index in [0.717, 1.165) is 0 Å². The van der Waals surface area contributed by atoms with Crippen LogP contribution in [-0.4, -0.2) is 17.7 Å². The molecule has 4 heteroatoms. The van der Waals surface area contributed by atoms with E-state index in [-0.39, 0.29) is 0 Å². The van der Waals surface area contributed by atoms with E-state index in [1.54, 1.807) is 0 Å². The molecule has 0 aromatic rings. The Morgan fingerprint density at radius 3 is 2.88 bits per heavy atom. The normalized spacial score (nSPS) is 26.6. The number of aliphatic hydroxyl groups excluding tert-OH is 1. The molecule has 0 saturated heterocycles. The highest BCUT2D eigenvalue weighted by Crippen LogP contribution is 1.91. The van der Waals surface area contributed by atoms with Gasteiger partial charge in [-0.25, -0.2) is 10.3 Å². The molecule has 0 bridgehead atoms. The summed E-state index contributed by atoms with van der Waals surface area (Å²) in [6, 6.07) is 0. The minimum Gasteiger partial charge on any atom is -0.384 e. The zero-order valence-corrected chi connectivity index (χ0v) is 4.15. The Morgan fingerprint density at radius 2 is 2.50 bits per heavy atom. The summed E-state index contributed by atoms with van der Waals surface area (Å²) >= 11 is 0. The first-order valence-corrected chi connectivity index (χ1v) is 2.17. The van der Waals surface area contributed by atoms with Crippen LogP contribution in [0.2, 0.25) is 0 Å². The SMILES string of the molecule is NC1=CC=NC(O)[N]1. The molecule has 0 saturated carbocycles. The highest BCUT2D eigenvalue weighted by atomic mass is 16.3. The van der Waals surface area contributed by atoms with Crippen molar-refractivity contribution in [2.24, 2.45) is 10.7 Å². The van der Waals surface area contributed by atoms with Gasteiger partial charge in [0.1, 0.15) is 5.82 Å². The molecule has 1 rings (SSSR count). The van der Waals surface area contributed by atoms with Crippen LogP contribution >= 0.6 is 0 Å². The van der Waals surface area contributed by atoms with Crippen molar-refractivity contribution in [2.45, 2.75) is 6.35 Å². The molecule has 0 aromatic carbocycles. The second-order valence-electron chi connectivity index (χ2n) is 1.37. The summed E-state index contributed by atoms with van der Waals surface area (Å²) in [5, 5.41) is 12.1. The zero-order chi connectivity index (χ0) is 5.98. The van der Waals surface area contributed by atoms with Crippen LogP contribution < -0.4 is 11.1 Å². The second-order valence-corrected chi connectivity index (χ2v) is 1.37. The minimum atomic E-state index is -0.986. The van der Waals surface area contributed by atoms with Gasteiger partial charge >= 0.3 is 0 Å². The first kappa shape index (κ1) is 5.11. The molecule has 1 atom stereocenters. The molecule has 43 valence electrons. The average Bonchev–Trinajstić information content (AvgIpc) is 1.64. The van der Waals surface area contributed by atoms with Crippen LogP contribution in [0.15, 0.2) is 16.9 Å². The average molecular weight is 112 g/mol. The number of aliphatic imine (C=N–C) groups is 1.